The molecule has 264 valence electrons. The van der Waals surface area contributed by atoms with E-state index in [0.29, 0.717) is 49.1 Å². The lowest BCUT2D eigenvalue weighted by Gasteiger charge is -2.29. The number of esters is 1. The van der Waals surface area contributed by atoms with Crippen molar-refractivity contribution in [3.63, 3.8) is 0 Å². The van der Waals surface area contributed by atoms with Gasteiger partial charge in [0.1, 0.15) is 11.4 Å². The number of nitrogens with one attached hydrogen (secondary N) is 2. The fourth-order valence-electron chi connectivity index (χ4n) is 6.28. The molecule has 2 N–H and O–H groups in total. The van der Waals surface area contributed by atoms with E-state index in [9.17, 15) is 27.3 Å². The molecule has 12 nitrogen and oxygen atoms in total. The van der Waals surface area contributed by atoms with Gasteiger partial charge in [0.2, 0.25) is 5.95 Å². The molecule has 1 saturated carbocycles. The summed E-state index contributed by atoms with van der Waals surface area (Å²) >= 11 is 0. The van der Waals surface area contributed by atoms with Crippen molar-refractivity contribution >= 4 is 42.6 Å². The number of fused-ring (bicyclic) bond motifs is 1. The molecule has 0 spiro atoms. The lowest BCUT2D eigenvalue weighted by molar-refractivity contribution is -0.149. The molecule has 3 heterocycles. The summed E-state index contributed by atoms with van der Waals surface area (Å²) < 4.78 is 71.2. The molecule has 0 radical (unpaired) electrons. The van der Waals surface area contributed by atoms with Crippen LogP contribution in [0, 0.1) is 5.92 Å². The molecule has 0 unspecified atom stereocenters. The Hall–Kier alpha value is -4.07. The third kappa shape index (κ3) is 8.39. The minimum absolute atomic E-state index is 0.0499. The second-order valence-corrected chi connectivity index (χ2v) is 13.9. The first-order chi connectivity index (χ1) is 23.4. The molecule has 0 atom stereocenters. The van der Waals surface area contributed by atoms with Gasteiger partial charge in [0.25, 0.3) is 5.91 Å². The van der Waals surface area contributed by atoms with Gasteiger partial charge in [0.05, 0.1) is 60.7 Å². The molecule has 5 rings (SSSR count). The zero-order valence-corrected chi connectivity index (χ0v) is 28.7. The molecule has 16 heteroatoms. The maximum absolute atomic E-state index is 14.2. The Kier molecular flexibility index (Phi) is 11.3. The Morgan fingerprint density at radius 3 is 2.31 bits per heavy atom. The van der Waals surface area contributed by atoms with E-state index in [1.54, 1.807) is 46.0 Å². The average Bonchev–Trinajstić information content (AvgIpc) is 3.36. The van der Waals surface area contributed by atoms with Crippen molar-refractivity contribution in [2.45, 2.75) is 71.3 Å². The molecule has 0 saturated heterocycles. The summed E-state index contributed by atoms with van der Waals surface area (Å²) in [6.07, 6.45) is 0.0191. The number of hydrogen-bond donors (Lipinski definition) is 2. The second kappa shape index (κ2) is 15.2. The largest absolute Gasteiger partial charge is 0.466 e. The van der Waals surface area contributed by atoms with Crippen LogP contribution in [0.4, 0.5) is 36.3 Å². The predicted molar refractivity (Wildman–Crippen MR) is 176 cm³/mol. The molecule has 2 aliphatic rings. The summed E-state index contributed by atoms with van der Waals surface area (Å²) in [5.41, 5.74) is 1.90. The Morgan fingerprint density at radius 1 is 0.980 bits per heavy atom. The van der Waals surface area contributed by atoms with E-state index in [1.807, 2.05) is 6.07 Å². The third-order valence-electron chi connectivity index (χ3n) is 8.53. The van der Waals surface area contributed by atoms with Gasteiger partial charge in [-0.25, -0.2) is 4.98 Å². The number of nitrogens with zero attached hydrogens (tertiary/aromatic N) is 4. The average molecular weight is 705 g/mol. The number of aromatic nitrogens is 3. The Bertz CT molecular complexity index is 1710. The number of anilines is 4. The van der Waals surface area contributed by atoms with E-state index in [2.05, 4.69) is 25.6 Å². The molecule has 1 aliphatic carbocycles. The van der Waals surface area contributed by atoms with E-state index in [1.165, 1.54) is 11.1 Å². The van der Waals surface area contributed by atoms with Crippen LogP contribution in [0.2, 0.25) is 0 Å². The smallest absolute Gasteiger partial charge is 0.421 e. The van der Waals surface area contributed by atoms with E-state index in [4.69, 9.17) is 13.8 Å². The topological polar surface area (TPSA) is 145 Å². The monoisotopic (exact) mass is 704 g/mol. The summed E-state index contributed by atoms with van der Waals surface area (Å²) in [6.45, 7) is 6.24. The number of carbonyl (C=O) groups excluding carboxylic acids is 2. The SMILES string of the molecule is CCOC(=O)C1CCC(c2ccc(Nc3nc(Nc4ccc(CP(=O)(OCC)OCC)nc4)ncc3C(F)(F)F)c3c2CN(C)C3=O)CC1. The summed E-state index contributed by atoms with van der Waals surface area (Å²) in [5, 5.41) is 5.64. The van der Waals surface area contributed by atoms with Gasteiger partial charge in [-0.3, -0.25) is 19.1 Å². The number of hydrogen-bond acceptors (Lipinski definition) is 11. The minimum Gasteiger partial charge on any atom is -0.466 e. The summed E-state index contributed by atoms with van der Waals surface area (Å²) in [5.74, 6) is -1.25. The van der Waals surface area contributed by atoms with Crippen LogP contribution in [-0.4, -0.2) is 58.6 Å². The predicted octanol–water partition coefficient (Wildman–Crippen LogP) is 7.57. The molecule has 3 aromatic rings. The van der Waals surface area contributed by atoms with Gasteiger partial charge < -0.3 is 29.3 Å². The van der Waals surface area contributed by atoms with Gasteiger partial charge in [-0.05, 0) is 81.7 Å². The number of benzene rings is 1. The maximum atomic E-state index is 14.2. The Labute approximate surface area is 282 Å². The number of amides is 1. The normalized spacial score (nSPS) is 17.9. The van der Waals surface area contributed by atoms with Crippen molar-refractivity contribution in [3.05, 3.63) is 64.6 Å². The van der Waals surface area contributed by atoms with Crippen LogP contribution >= 0.6 is 7.60 Å². The van der Waals surface area contributed by atoms with Crippen LogP contribution in [0.5, 0.6) is 0 Å². The molecule has 1 amide bonds. The van der Waals surface area contributed by atoms with E-state index in [0.717, 1.165) is 24.0 Å². The lowest BCUT2D eigenvalue weighted by Crippen LogP contribution is -2.23. The highest BCUT2D eigenvalue weighted by Crippen LogP contribution is 2.51. The third-order valence-corrected chi connectivity index (χ3v) is 10.5. The quantitative estimate of drug-likeness (QED) is 0.134. The molecule has 1 aliphatic heterocycles. The molecular weight excluding hydrogens is 664 g/mol. The van der Waals surface area contributed by atoms with Gasteiger partial charge in [-0.1, -0.05) is 6.07 Å². The van der Waals surface area contributed by atoms with Crippen molar-refractivity contribution in [1.29, 1.82) is 0 Å². The first kappa shape index (κ1) is 36.2. The highest BCUT2D eigenvalue weighted by atomic mass is 31.2. The van der Waals surface area contributed by atoms with E-state index in [-0.39, 0.29) is 54.7 Å². The van der Waals surface area contributed by atoms with E-state index < -0.39 is 25.2 Å². The number of rotatable bonds is 13. The zero-order chi connectivity index (χ0) is 35.3. The maximum Gasteiger partial charge on any atom is 0.421 e. The molecule has 49 heavy (non-hydrogen) atoms. The van der Waals surface area contributed by atoms with Gasteiger partial charge in [0.15, 0.2) is 0 Å². The minimum atomic E-state index is -4.79. The van der Waals surface area contributed by atoms with Crippen LogP contribution in [0.25, 0.3) is 0 Å². The number of halogens is 3. The molecular formula is C33H40F3N6O6P. The number of ether oxygens (including phenoxy) is 1. The summed E-state index contributed by atoms with van der Waals surface area (Å²) in [7, 11) is -1.74. The first-order valence-corrected chi connectivity index (χ1v) is 18.0. The highest BCUT2D eigenvalue weighted by molar-refractivity contribution is 7.53. The molecule has 2 aromatic heterocycles. The number of alkyl halides is 3. The first-order valence-electron chi connectivity index (χ1n) is 16.2. The Morgan fingerprint density at radius 2 is 1.69 bits per heavy atom. The van der Waals surface area contributed by atoms with Crippen LogP contribution < -0.4 is 10.6 Å². The van der Waals surface area contributed by atoms with E-state index >= 15 is 0 Å². The van der Waals surface area contributed by atoms with Gasteiger partial charge >= 0.3 is 19.7 Å². The van der Waals surface area contributed by atoms with Gasteiger partial charge in [-0.2, -0.15) is 18.2 Å². The fourth-order valence-corrected chi connectivity index (χ4v) is 7.91. The lowest BCUT2D eigenvalue weighted by atomic mass is 9.77. The molecule has 1 aromatic carbocycles. The van der Waals surface area contributed by atoms with Crippen molar-refractivity contribution in [2.75, 3.05) is 37.5 Å². The number of pyridine rings is 1. The molecule has 0 bridgehead atoms. The zero-order valence-electron chi connectivity index (χ0n) is 27.8. The van der Waals surface area contributed by atoms with Crippen LogP contribution in [0.15, 0.2) is 36.7 Å². The van der Waals surface area contributed by atoms with Crippen LogP contribution in [0.1, 0.15) is 85.1 Å². The fraction of sp³-hybridized carbons (Fsp3) is 0.485. The Balaban J connectivity index is 1.39. The summed E-state index contributed by atoms with van der Waals surface area (Å²) in [6, 6.07) is 6.65. The number of carbonyl (C=O) groups is 2. The van der Waals surface area contributed by atoms with Crippen molar-refractivity contribution in [1.82, 2.24) is 19.9 Å². The molecule has 1 fully saturated rings. The van der Waals surface area contributed by atoms with Gasteiger partial charge in [0, 0.05) is 19.8 Å². The van der Waals surface area contributed by atoms with Crippen molar-refractivity contribution in [2.24, 2.45) is 5.92 Å². The highest BCUT2D eigenvalue weighted by Gasteiger charge is 2.38. The van der Waals surface area contributed by atoms with Crippen molar-refractivity contribution in [3.8, 4) is 0 Å². The summed E-state index contributed by atoms with van der Waals surface area (Å²) in [4.78, 5) is 39.4. The van der Waals surface area contributed by atoms with Crippen LogP contribution in [-0.2, 0) is 42.0 Å². The standard InChI is InChI=1S/C33H40F3N6O6P/c1-5-46-31(44)21-10-8-20(9-11-21)24-14-15-27(28-25(24)18-42(4)30(28)43)40-29-26(33(34,35)36)17-38-32(41-29)39-22-12-13-23(37-16-22)19-49(45,47-6-2)48-7-3/h12-17,20-21H,5-11,18-19H2,1-4H3,(H2,38,39,40,41). The van der Waals surface area contributed by atoms with Crippen LogP contribution in [0.3, 0.4) is 0 Å². The van der Waals surface area contributed by atoms with Crippen molar-refractivity contribution < 1.29 is 41.1 Å². The van der Waals surface area contributed by atoms with Gasteiger partial charge in [-0.15, -0.1) is 0 Å². The second-order valence-electron chi connectivity index (χ2n) is 11.9.